The Morgan fingerprint density at radius 2 is 1.85 bits per heavy atom. The molecule has 3 aromatic rings. The van der Waals surface area contributed by atoms with E-state index in [9.17, 15) is 4.79 Å². The summed E-state index contributed by atoms with van der Waals surface area (Å²) in [6, 6.07) is 13.4. The molecule has 0 saturated heterocycles. The van der Waals surface area contributed by atoms with E-state index in [1.54, 1.807) is 7.11 Å². The number of ether oxygens (including phenoxy) is 3. The Morgan fingerprint density at radius 1 is 1.06 bits per heavy atom. The minimum absolute atomic E-state index is 0.0865. The lowest BCUT2D eigenvalue weighted by Gasteiger charge is -2.17. The van der Waals surface area contributed by atoms with Crippen molar-refractivity contribution in [3.63, 3.8) is 0 Å². The van der Waals surface area contributed by atoms with E-state index in [1.165, 1.54) is 11.3 Å². The van der Waals surface area contributed by atoms with Gasteiger partial charge in [-0.1, -0.05) is 32.0 Å². The number of benzene rings is 2. The molecule has 7 heteroatoms. The summed E-state index contributed by atoms with van der Waals surface area (Å²) in [5, 5.41) is 5.82. The lowest BCUT2D eigenvalue weighted by molar-refractivity contribution is -0.121. The van der Waals surface area contributed by atoms with Crippen LogP contribution in [0.15, 0.2) is 47.8 Å². The third-order valence-electron chi connectivity index (χ3n) is 4.95. The van der Waals surface area contributed by atoms with Gasteiger partial charge in [0.15, 0.2) is 11.5 Å². The topological polar surface area (TPSA) is 69.7 Å². The highest BCUT2D eigenvalue weighted by Gasteiger charge is 2.16. The van der Waals surface area contributed by atoms with Crippen LogP contribution in [0.2, 0.25) is 0 Å². The number of rotatable bonds is 11. The Labute approximate surface area is 199 Å². The van der Waals surface area contributed by atoms with E-state index in [0.717, 1.165) is 27.6 Å². The van der Waals surface area contributed by atoms with Crippen molar-refractivity contribution in [3.05, 3.63) is 59.1 Å². The molecule has 1 amide bonds. The summed E-state index contributed by atoms with van der Waals surface area (Å²) in [4.78, 5) is 17.3. The maximum absolute atomic E-state index is 12.7. The second kappa shape index (κ2) is 11.7. The number of para-hydroxylation sites is 1. The van der Waals surface area contributed by atoms with Gasteiger partial charge in [0.05, 0.1) is 44.0 Å². The zero-order valence-electron chi connectivity index (χ0n) is 19.9. The van der Waals surface area contributed by atoms with Gasteiger partial charge in [-0.25, -0.2) is 4.98 Å². The first-order valence-corrected chi connectivity index (χ1v) is 12.1. The molecule has 1 unspecified atom stereocenters. The van der Waals surface area contributed by atoms with Crippen LogP contribution < -0.4 is 19.5 Å². The van der Waals surface area contributed by atoms with Crippen molar-refractivity contribution in [2.75, 3.05) is 20.3 Å². The molecule has 0 fully saturated rings. The number of nitrogens with one attached hydrogen (secondary N) is 1. The summed E-state index contributed by atoms with van der Waals surface area (Å²) in [6.07, 6.45) is 0.213. The molecule has 1 heterocycles. The Kier molecular flexibility index (Phi) is 8.72. The molecule has 1 aromatic heterocycles. The van der Waals surface area contributed by atoms with E-state index >= 15 is 0 Å². The van der Waals surface area contributed by atoms with E-state index in [4.69, 9.17) is 14.2 Å². The molecule has 3 rings (SSSR count). The summed E-state index contributed by atoms with van der Waals surface area (Å²) >= 11 is 1.51. The fraction of sp³-hybridized carbons (Fsp3) is 0.385. The third-order valence-corrected chi connectivity index (χ3v) is 5.87. The zero-order chi connectivity index (χ0) is 23.8. The number of carbonyl (C=O) groups excluding carboxylic acids is 1. The molecule has 0 aliphatic rings. The molecule has 0 aliphatic heterocycles. The number of amides is 1. The van der Waals surface area contributed by atoms with E-state index in [1.807, 2.05) is 61.7 Å². The van der Waals surface area contributed by atoms with Crippen LogP contribution in [0.25, 0.3) is 10.6 Å². The zero-order valence-corrected chi connectivity index (χ0v) is 20.7. The van der Waals surface area contributed by atoms with E-state index in [2.05, 4.69) is 24.1 Å². The van der Waals surface area contributed by atoms with Crippen LogP contribution in [0.4, 0.5) is 0 Å². The number of thiazole rings is 1. The summed E-state index contributed by atoms with van der Waals surface area (Å²) < 4.78 is 17.0. The Hall–Kier alpha value is -3.06. The summed E-state index contributed by atoms with van der Waals surface area (Å²) in [5.74, 6) is 2.50. The van der Waals surface area contributed by atoms with Gasteiger partial charge in [0.2, 0.25) is 5.91 Å². The predicted octanol–water partition coefficient (Wildman–Crippen LogP) is 5.67. The van der Waals surface area contributed by atoms with Crippen molar-refractivity contribution < 1.29 is 19.0 Å². The van der Waals surface area contributed by atoms with Gasteiger partial charge in [0.25, 0.3) is 0 Å². The van der Waals surface area contributed by atoms with Crippen LogP contribution in [0.3, 0.4) is 0 Å². The molecule has 33 heavy (non-hydrogen) atoms. The number of carbonyl (C=O) groups is 1. The van der Waals surface area contributed by atoms with E-state index in [0.29, 0.717) is 30.6 Å². The van der Waals surface area contributed by atoms with Crippen LogP contribution in [0.1, 0.15) is 45.0 Å². The molecule has 0 saturated carbocycles. The van der Waals surface area contributed by atoms with Crippen molar-refractivity contribution in [1.29, 1.82) is 0 Å². The summed E-state index contributed by atoms with van der Waals surface area (Å²) in [6.45, 7) is 9.31. The number of hydrogen-bond acceptors (Lipinski definition) is 6. The van der Waals surface area contributed by atoms with Gasteiger partial charge in [0, 0.05) is 5.38 Å². The van der Waals surface area contributed by atoms with Gasteiger partial charge in [-0.15, -0.1) is 11.3 Å². The van der Waals surface area contributed by atoms with Crippen LogP contribution in [-0.2, 0) is 11.2 Å². The number of nitrogens with zero attached hydrogens (tertiary/aromatic N) is 1. The molecule has 0 aliphatic carbocycles. The first kappa shape index (κ1) is 24.6. The van der Waals surface area contributed by atoms with Gasteiger partial charge in [-0.2, -0.15) is 0 Å². The number of aromatic nitrogens is 1. The predicted molar refractivity (Wildman–Crippen MR) is 132 cm³/mol. The maximum atomic E-state index is 12.7. The number of hydrogen-bond donors (Lipinski definition) is 1. The monoisotopic (exact) mass is 468 g/mol. The molecule has 1 atom stereocenters. The van der Waals surface area contributed by atoms with Gasteiger partial charge < -0.3 is 19.5 Å². The molecule has 2 aromatic carbocycles. The van der Waals surface area contributed by atoms with Crippen molar-refractivity contribution in [2.45, 2.75) is 40.2 Å². The maximum Gasteiger partial charge on any atom is 0.226 e. The highest BCUT2D eigenvalue weighted by atomic mass is 32.1. The molecule has 176 valence electrons. The quantitative estimate of drug-likeness (QED) is 0.392. The molecule has 0 bridgehead atoms. The average molecular weight is 469 g/mol. The Bertz CT molecular complexity index is 1060. The van der Waals surface area contributed by atoms with Crippen LogP contribution in [-0.4, -0.2) is 31.2 Å². The smallest absolute Gasteiger partial charge is 0.226 e. The second-order valence-corrected chi connectivity index (χ2v) is 9.01. The molecule has 1 N–H and O–H groups in total. The third kappa shape index (κ3) is 6.71. The highest BCUT2D eigenvalue weighted by molar-refractivity contribution is 7.13. The summed E-state index contributed by atoms with van der Waals surface area (Å²) in [7, 11) is 1.62. The van der Waals surface area contributed by atoms with E-state index < -0.39 is 0 Å². The van der Waals surface area contributed by atoms with Crippen LogP contribution in [0, 0.1) is 5.92 Å². The van der Waals surface area contributed by atoms with Gasteiger partial charge >= 0.3 is 0 Å². The van der Waals surface area contributed by atoms with Crippen molar-refractivity contribution in [2.24, 2.45) is 5.92 Å². The summed E-state index contributed by atoms with van der Waals surface area (Å²) in [5.41, 5.74) is 2.62. The SMILES string of the molecule is CCOc1ccccc1-c1nc(CC(=O)NC(C)c2ccc(OCC(C)C)c(OC)c2)cs1. The molecule has 6 nitrogen and oxygen atoms in total. The first-order chi connectivity index (χ1) is 15.9. The minimum Gasteiger partial charge on any atom is -0.493 e. The number of methoxy groups -OCH3 is 1. The van der Waals surface area contributed by atoms with Gasteiger partial charge in [0.1, 0.15) is 10.8 Å². The Balaban J connectivity index is 1.63. The normalized spacial score (nSPS) is 11.8. The van der Waals surface area contributed by atoms with Crippen LogP contribution >= 0.6 is 11.3 Å². The Morgan fingerprint density at radius 3 is 2.58 bits per heavy atom. The van der Waals surface area contributed by atoms with Crippen molar-refractivity contribution in [3.8, 4) is 27.8 Å². The van der Waals surface area contributed by atoms with Gasteiger partial charge in [-0.3, -0.25) is 4.79 Å². The van der Waals surface area contributed by atoms with E-state index in [-0.39, 0.29) is 18.4 Å². The highest BCUT2D eigenvalue weighted by Crippen LogP contribution is 2.33. The standard InChI is InChI=1S/C26H32N2O4S/c1-6-31-22-10-8-7-9-21(22)26-28-20(16-33-26)14-25(29)27-18(4)19-11-12-23(24(13-19)30-5)32-15-17(2)3/h7-13,16-18H,6,14-15H2,1-5H3,(H,27,29). The van der Waals surface area contributed by atoms with Crippen molar-refractivity contribution in [1.82, 2.24) is 10.3 Å². The largest absolute Gasteiger partial charge is 0.493 e. The molecular weight excluding hydrogens is 436 g/mol. The van der Waals surface area contributed by atoms with Crippen molar-refractivity contribution >= 4 is 17.2 Å². The lowest BCUT2D eigenvalue weighted by atomic mass is 10.1. The van der Waals surface area contributed by atoms with Gasteiger partial charge in [-0.05, 0) is 49.6 Å². The fourth-order valence-electron chi connectivity index (χ4n) is 3.31. The molecular formula is C26H32N2O4S. The minimum atomic E-state index is -0.178. The second-order valence-electron chi connectivity index (χ2n) is 8.15. The molecule has 0 radical (unpaired) electrons. The fourth-order valence-corrected chi connectivity index (χ4v) is 4.16. The average Bonchev–Trinajstić information content (AvgIpc) is 3.26. The first-order valence-electron chi connectivity index (χ1n) is 11.2. The molecule has 0 spiro atoms. The lowest BCUT2D eigenvalue weighted by Crippen LogP contribution is -2.28. The van der Waals surface area contributed by atoms with Crippen LogP contribution in [0.5, 0.6) is 17.2 Å².